The van der Waals surface area contributed by atoms with Gasteiger partial charge in [-0.25, -0.2) is 0 Å². The molecule has 0 bridgehead atoms. The molecule has 0 amide bonds. The molecular weight excluding hydrogens is 302 g/mol. The highest BCUT2D eigenvalue weighted by Gasteiger charge is 2.23. The second kappa shape index (κ2) is 16.1. The Balaban J connectivity index is 3.21. The zero-order chi connectivity index (χ0) is 18.1. The van der Waals surface area contributed by atoms with E-state index < -0.39 is 5.91 Å². The van der Waals surface area contributed by atoms with Crippen LogP contribution in [0.15, 0.2) is 12.2 Å². The Morgan fingerprint density at radius 2 is 1.12 bits per heavy atom. The molecule has 0 radical (unpaired) electrons. The molecule has 0 heterocycles. The van der Waals surface area contributed by atoms with Crippen LogP contribution < -0.4 is 0 Å². The van der Waals surface area contributed by atoms with Gasteiger partial charge >= 0.3 is 0 Å². The van der Waals surface area contributed by atoms with Gasteiger partial charge in [0.15, 0.2) is 0 Å². The number of hydrogen-bond acceptors (Lipinski definition) is 4. The second-order valence-corrected chi connectivity index (χ2v) is 7.03. The van der Waals surface area contributed by atoms with Gasteiger partial charge in [0.2, 0.25) is 5.91 Å². The molecule has 0 aliphatic heterocycles. The van der Waals surface area contributed by atoms with E-state index in [4.69, 9.17) is 10.2 Å². The van der Waals surface area contributed by atoms with Crippen LogP contribution in [0.3, 0.4) is 0 Å². The van der Waals surface area contributed by atoms with E-state index in [1.807, 2.05) is 0 Å². The van der Waals surface area contributed by atoms with Crippen LogP contribution in [-0.2, 0) is 0 Å². The topological polar surface area (TPSA) is 63.9 Å². The Kier molecular flexibility index (Phi) is 15.8. The third-order valence-electron chi connectivity index (χ3n) is 4.37. The molecule has 0 atom stereocenters. The number of rotatable bonds is 17. The Labute approximate surface area is 149 Å². The fourth-order valence-electron chi connectivity index (χ4n) is 2.72. The molecule has 0 aliphatic carbocycles. The van der Waals surface area contributed by atoms with Crippen LogP contribution in [0.2, 0.25) is 0 Å². The molecule has 0 aliphatic rings. The first kappa shape index (κ1) is 23.6. The van der Waals surface area contributed by atoms with Gasteiger partial charge < -0.3 is 15.4 Å². The van der Waals surface area contributed by atoms with Crippen molar-refractivity contribution in [1.82, 2.24) is 5.06 Å². The van der Waals surface area contributed by atoms with Crippen LogP contribution in [0.25, 0.3) is 0 Å². The molecule has 4 nitrogen and oxygen atoms in total. The predicted octanol–water partition coefficient (Wildman–Crippen LogP) is 5.37. The standard InChI is InChI=1S/C20H41NO3/c1-3-4-5-6-7-8-9-10-11-12-13-14-15-16-17-18-19-21(24)20(2,22)23/h10-11,22-24H,3-9,12-19H2,1-2H3. The van der Waals surface area contributed by atoms with Crippen molar-refractivity contribution < 1.29 is 15.4 Å². The number of unbranched alkanes of at least 4 members (excludes halogenated alkanes) is 12. The Morgan fingerprint density at radius 1 is 0.708 bits per heavy atom. The van der Waals surface area contributed by atoms with E-state index in [2.05, 4.69) is 19.1 Å². The number of nitrogens with zero attached hydrogens (tertiary/aromatic N) is 1. The highest BCUT2D eigenvalue weighted by atomic mass is 16.6. The summed E-state index contributed by atoms with van der Waals surface area (Å²) in [5.74, 6) is -2.12. The fraction of sp³-hybridized carbons (Fsp3) is 0.900. The minimum Gasteiger partial charge on any atom is -0.352 e. The number of hydroxylamine groups is 2. The van der Waals surface area contributed by atoms with E-state index in [1.165, 1.54) is 70.6 Å². The highest BCUT2D eigenvalue weighted by Crippen LogP contribution is 2.11. The average molecular weight is 344 g/mol. The summed E-state index contributed by atoms with van der Waals surface area (Å²) in [6.07, 6.45) is 22.0. The molecule has 0 aromatic carbocycles. The Hall–Kier alpha value is -0.420. The lowest BCUT2D eigenvalue weighted by Gasteiger charge is -2.25. The molecule has 0 saturated carbocycles. The monoisotopic (exact) mass is 343 g/mol. The summed E-state index contributed by atoms with van der Waals surface area (Å²) >= 11 is 0. The molecule has 4 heteroatoms. The summed E-state index contributed by atoms with van der Waals surface area (Å²) < 4.78 is 0. The van der Waals surface area contributed by atoms with Gasteiger partial charge in [0.05, 0.1) is 0 Å². The normalized spacial score (nSPS) is 12.6. The molecule has 0 aromatic heterocycles. The highest BCUT2D eigenvalue weighted by molar-refractivity contribution is 4.81. The van der Waals surface area contributed by atoms with E-state index in [1.54, 1.807) is 0 Å². The zero-order valence-electron chi connectivity index (χ0n) is 16.1. The summed E-state index contributed by atoms with van der Waals surface area (Å²) in [5.41, 5.74) is 0. The minimum absolute atomic E-state index is 0.296. The number of hydrogen-bond donors (Lipinski definition) is 3. The van der Waals surface area contributed by atoms with Crippen molar-refractivity contribution in [2.45, 2.75) is 110 Å². The number of aliphatic hydroxyl groups is 2. The van der Waals surface area contributed by atoms with E-state index in [9.17, 15) is 5.21 Å². The minimum atomic E-state index is -2.12. The SMILES string of the molecule is CCCCCCCCC=CCCCCCCCCN(O)C(C)(O)O. The van der Waals surface area contributed by atoms with Gasteiger partial charge in [0, 0.05) is 13.5 Å². The molecule has 3 N–H and O–H groups in total. The van der Waals surface area contributed by atoms with Gasteiger partial charge in [-0.2, -0.15) is 0 Å². The van der Waals surface area contributed by atoms with Crippen molar-refractivity contribution in [3.05, 3.63) is 12.2 Å². The maximum atomic E-state index is 9.33. The Morgan fingerprint density at radius 3 is 1.58 bits per heavy atom. The van der Waals surface area contributed by atoms with Gasteiger partial charge in [-0.05, 0) is 32.1 Å². The van der Waals surface area contributed by atoms with Crippen molar-refractivity contribution in [3.8, 4) is 0 Å². The molecule has 0 rings (SSSR count). The van der Waals surface area contributed by atoms with Gasteiger partial charge in [-0.1, -0.05) is 76.9 Å². The molecule has 0 saturated heterocycles. The molecule has 144 valence electrons. The van der Waals surface area contributed by atoms with Crippen LogP contribution in [0.4, 0.5) is 0 Å². The maximum absolute atomic E-state index is 9.33. The van der Waals surface area contributed by atoms with E-state index in [-0.39, 0.29) is 0 Å². The first-order valence-electron chi connectivity index (χ1n) is 10.0. The third-order valence-corrected chi connectivity index (χ3v) is 4.37. The first-order chi connectivity index (χ1) is 11.5. The van der Waals surface area contributed by atoms with Gasteiger partial charge in [0.1, 0.15) is 0 Å². The van der Waals surface area contributed by atoms with Gasteiger partial charge in [-0.15, -0.1) is 5.06 Å². The molecular formula is C20H41NO3. The van der Waals surface area contributed by atoms with Gasteiger partial charge in [-0.3, -0.25) is 0 Å². The summed E-state index contributed by atoms with van der Waals surface area (Å²) in [6, 6.07) is 0. The second-order valence-electron chi connectivity index (χ2n) is 7.03. The average Bonchev–Trinajstić information content (AvgIpc) is 2.53. The zero-order valence-corrected chi connectivity index (χ0v) is 16.1. The lowest BCUT2D eigenvalue weighted by atomic mass is 10.1. The summed E-state index contributed by atoms with van der Waals surface area (Å²) in [6.45, 7) is 3.71. The van der Waals surface area contributed by atoms with Crippen LogP contribution in [0.1, 0.15) is 104 Å². The van der Waals surface area contributed by atoms with Crippen molar-refractivity contribution >= 4 is 0 Å². The quantitative estimate of drug-likeness (QED) is 0.144. The first-order valence-corrected chi connectivity index (χ1v) is 10.0. The van der Waals surface area contributed by atoms with Crippen LogP contribution in [0.5, 0.6) is 0 Å². The van der Waals surface area contributed by atoms with Crippen molar-refractivity contribution in [2.24, 2.45) is 0 Å². The van der Waals surface area contributed by atoms with Crippen molar-refractivity contribution in [2.75, 3.05) is 6.54 Å². The lowest BCUT2D eigenvalue weighted by molar-refractivity contribution is -0.351. The van der Waals surface area contributed by atoms with E-state index in [0.717, 1.165) is 26.2 Å². The largest absolute Gasteiger partial charge is 0.352 e. The maximum Gasteiger partial charge on any atom is 0.243 e. The summed E-state index contributed by atoms with van der Waals surface area (Å²) in [5, 5.41) is 28.2. The molecule has 0 aromatic rings. The van der Waals surface area contributed by atoms with Crippen molar-refractivity contribution in [1.29, 1.82) is 0 Å². The fourth-order valence-corrected chi connectivity index (χ4v) is 2.72. The molecule has 0 unspecified atom stereocenters. The molecule has 24 heavy (non-hydrogen) atoms. The smallest absolute Gasteiger partial charge is 0.243 e. The third kappa shape index (κ3) is 16.4. The molecule has 0 spiro atoms. The van der Waals surface area contributed by atoms with Gasteiger partial charge in [0.25, 0.3) is 0 Å². The molecule has 0 fully saturated rings. The van der Waals surface area contributed by atoms with Crippen LogP contribution >= 0.6 is 0 Å². The predicted molar refractivity (Wildman–Crippen MR) is 101 cm³/mol. The van der Waals surface area contributed by atoms with Crippen LogP contribution in [0, 0.1) is 0 Å². The van der Waals surface area contributed by atoms with Crippen LogP contribution in [-0.4, -0.2) is 32.9 Å². The Bertz CT molecular complexity index is 287. The van der Waals surface area contributed by atoms with E-state index >= 15 is 0 Å². The van der Waals surface area contributed by atoms with E-state index in [0.29, 0.717) is 11.6 Å². The summed E-state index contributed by atoms with van der Waals surface area (Å²) in [4.78, 5) is 0. The van der Waals surface area contributed by atoms with Crippen molar-refractivity contribution in [3.63, 3.8) is 0 Å². The lowest BCUT2D eigenvalue weighted by Crippen LogP contribution is -2.44. The number of allylic oxidation sites excluding steroid dienone is 2. The summed E-state index contributed by atoms with van der Waals surface area (Å²) in [7, 11) is 0.